The second kappa shape index (κ2) is 6.09. The topological polar surface area (TPSA) is 102 Å². The van der Waals surface area contributed by atoms with Crippen molar-refractivity contribution in [2.24, 2.45) is 5.73 Å². The van der Waals surface area contributed by atoms with E-state index >= 15 is 0 Å². The summed E-state index contributed by atoms with van der Waals surface area (Å²) in [4.78, 5) is 9.63. The first-order valence-corrected chi connectivity index (χ1v) is 12.1. The Labute approximate surface area is 178 Å². The van der Waals surface area contributed by atoms with Crippen molar-refractivity contribution in [1.29, 1.82) is 5.26 Å². The van der Waals surface area contributed by atoms with Gasteiger partial charge in [0.05, 0.1) is 26.3 Å². The molecule has 15 heteroatoms. The maximum Gasteiger partial charge on any atom is 0.310 e. The number of nitrogens with zero attached hydrogens (tertiary/aromatic N) is 3. The van der Waals surface area contributed by atoms with Crippen LogP contribution in [0.5, 0.6) is 0 Å². The third kappa shape index (κ3) is 3.66. The normalized spacial score (nSPS) is 18.8. The molecule has 6 nitrogen and oxygen atoms in total. The standard InChI is InChI=1S/C15H11Cl2F5N4O2S2/c1-29(28)13-11(15(2-3-15)14(24)27)10(6-23)25-26(13)12-8(16)4-7(5-9(12)17)30(18,19,20,21)22/h4-5H,2-3H2,1H3,(H2,24,27). The number of primary amides is 1. The van der Waals surface area contributed by atoms with E-state index in [9.17, 15) is 33.7 Å². The van der Waals surface area contributed by atoms with E-state index in [1.807, 2.05) is 0 Å². The van der Waals surface area contributed by atoms with Gasteiger partial charge in [-0.2, -0.15) is 10.4 Å². The number of carbonyl (C=O) groups is 1. The number of benzene rings is 1. The molecule has 1 aromatic carbocycles. The molecule has 1 saturated carbocycles. The third-order valence-corrected chi connectivity index (χ3v) is 7.19. The number of amides is 1. The van der Waals surface area contributed by atoms with E-state index in [0.29, 0.717) is 0 Å². The fourth-order valence-corrected chi connectivity index (χ4v) is 5.45. The molecule has 30 heavy (non-hydrogen) atoms. The molecule has 0 bridgehead atoms. The van der Waals surface area contributed by atoms with Crippen LogP contribution < -0.4 is 5.73 Å². The molecular formula is C15H11Cl2F5N4O2S2. The van der Waals surface area contributed by atoms with Crippen molar-refractivity contribution in [1.82, 2.24) is 9.78 Å². The van der Waals surface area contributed by atoms with Crippen molar-refractivity contribution in [3.05, 3.63) is 33.4 Å². The molecule has 1 fully saturated rings. The van der Waals surface area contributed by atoms with Crippen LogP contribution in [0.25, 0.3) is 5.69 Å². The second-order valence-corrected chi connectivity index (χ2v) is 11.2. The molecule has 1 unspecified atom stereocenters. The number of nitrogens with two attached hydrogens (primary N) is 1. The summed E-state index contributed by atoms with van der Waals surface area (Å²) in [6, 6.07) is 1.66. The van der Waals surface area contributed by atoms with E-state index in [4.69, 9.17) is 28.9 Å². The predicted molar refractivity (Wildman–Crippen MR) is 102 cm³/mol. The molecule has 1 aliphatic carbocycles. The van der Waals surface area contributed by atoms with Crippen molar-refractivity contribution in [2.45, 2.75) is 28.2 Å². The highest BCUT2D eigenvalue weighted by Crippen LogP contribution is 3.02. The molecule has 0 aliphatic heterocycles. The lowest BCUT2D eigenvalue weighted by Gasteiger charge is -2.40. The molecule has 0 spiro atoms. The molecule has 1 atom stereocenters. The van der Waals surface area contributed by atoms with E-state index in [1.165, 1.54) is 6.26 Å². The van der Waals surface area contributed by atoms with Gasteiger partial charge in [0.15, 0.2) is 5.69 Å². The van der Waals surface area contributed by atoms with Gasteiger partial charge in [0, 0.05) is 11.8 Å². The molecule has 164 valence electrons. The molecule has 2 N–H and O–H groups in total. The van der Waals surface area contributed by atoms with Crippen molar-refractivity contribution < 1.29 is 28.4 Å². The van der Waals surface area contributed by atoms with Gasteiger partial charge >= 0.3 is 10.2 Å². The van der Waals surface area contributed by atoms with Gasteiger partial charge in [0.2, 0.25) is 5.91 Å². The first-order valence-electron chi connectivity index (χ1n) is 7.83. The monoisotopic (exact) mass is 508 g/mol. The maximum atomic E-state index is 13.1. The van der Waals surface area contributed by atoms with Gasteiger partial charge < -0.3 is 5.73 Å². The van der Waals surface area contributed by atoms with Gasteiger partial charge in [-0.3, -0.25) is 9.00 Å². The minimum atomic E-state index is -10.1. The second-order valence-electron chi connectivity index (χ2n) is 6.66. The number of nitriles is 1. The summed E-state index contributed by atoms with van der Waals surface area (Å²) in [6.45, 7) is 0. The first-order chi connectivity index (χ1) is 13.4. The van der Waals surface area contributed by atoms with Crippen LogP contribution in [0.1, 0.15) is 24.1 Å². The summed E-state index contributed by atoms with van der Waals surface area (Å²) in [5.74, 6) is -0.807. The molecule has 3 rings (SSSR count). The Morgan fingerprint density at radius 2 is 1.77 bits per heavy atom. The Morgan fingerprint density at radius 1 is 1.27 bits per heavy atom. The Kier molecular flexibility index (Phi) is 4.63. The van der Waals surface area contributed by atoms with E-state index < -0.39 is 53.0 Å². The molecule has 1 heterocycles. The van der Waals surface area contributed by atoms with E-state index in [0.717, 1.165) is 4.68 Å². The minimum Gasteiger partial charge on any atom is -0.369 e. The van der Waals surface area contributed by atoms with Crippen molar-refractivity contribution in [3.63, 3.8) is 0 Å². The Hall–Kier alpha value is -1.88. The number of hydrogen-bond acceptors (Lipinski definition) is 4. The average Bonchev–Trinajstić information content (AvgIpc) is 3.27. The van der Waals surface area contributed by atoms with Crippen LogP contribution in [0.2, 0.25) is 10.0 Å². The zero-order valence-electron chi connectivity index (χ0n) is 14.8. The summed E-state index contributed by atoms with van der Waals surface area (Å²) in [7, 11) is -12.0. The lowest BCUT2D eigenvalue weighted by Crippen LogP contribution is -2.30. The molecule has 1 amide bonds. The Morgan fingerprint density at radius 3 is 2.10 bits per heavy atom. The molecular weight excluding hydrogens is 498 g/mol. The SMILES string of the molecule is CS(=O)c1c(C2(C(N)=O)CC2)c(C#N)nn1-c1c(Cl)cc(S(F)(F)(F)(F)F)cc1Cl. The summed E-state index contributed by atoms with van der Waals surface area (Å²) >= 11 is 11.7. The largest absolute Gasteiger partial charge is 0.369 e. The highest BCUT2D eigenvalue weighted by atomic mass is 35.5. The van der Waals surface area contributed by atoms with E-state index in [2.05, 4.69) is 5.10 Å². The zero-order chi connectivity index (χ0) is 22.9. The van der Waals surface area contributed by atoms with E-state index in [1.54, 1.807) is 6.07 Å². The van der Waals surface area contributed by atoms with E-state index in [-0.39, 0.29) is 41.3 Å². The number of rotatable bonds is 5. The highest BCUT2D eigenvalue weighted by Gasteiger charge is 2.65. The molecule has 2 aromatic rings. The van der Waals surface area contributed by atoms with Crippen LogP contribution in [0.4, 0.5) is 19.4 Å². The first kappa shape index (κ1) is 22.8. The number of aromatic nitrogens is 2. The Bertz CT molecular complexity index is 1160. The van der Waals surface area contributed by atoms with Gasteiger partial charge in [-0.15, -0.1) is 0 Å². The number of hydrogen-bond donors (Lipinski definition) is 1. The van der Waals surface area contributed by atoms with Crippen LogP contribution in [-0.2, 0) is 21.0 Å². The maximum absolute atomic E-state index is 13.1. The van der Waals surface area contributed by atoms with Gasteiger partial charge in [0.25, 0.3) is 0 Å². The zero-order valence-corrected chi connectivity index (χ0v) is 17.9. The van der Waals surface area contributed by atoms with Crippen LogP contribution in [0, 0.1) is 11.3 Å². The smallest absolute Gasteiger partial charge is 0.310 e. The average molecular weight is 509 g/mol. The summed E-state index contributed by atoms with van der Waals surface area (Å²) in [5, 5.41) is 11.3. The third-order valence-electron chi connectivity index (χ3n) is 4.57. The molecule has 0 radical (unpaired) electrons. The van der Waals surface area contributed by atoms with Crippen molar-refractivity contribution in [2.75, 3.05) is 6.26 Å². The van der Waals surface area contributed by atoms with Crippen LogP contribution in [-0.4, -0.2) is 26.2 Å². The lowest BCUT2D eigenvalue weighted by molar-refractivity contribution is -0.120. The number of halogens is 7. The summed E-state index contributed by atoms with van der Waals surface area (Å²) < 4.78 is 78.9. The number of carbonyl (C=O) groups excluding carboxylic acids is 1. The minimum absolute atomic E-state index is 0.0267. The molecule has 1 aromatic heterocycles. The van der Waals surface area contributed by atoms with Crippen LogP contribution in [0.3, 0.4) is 0 Å². The van der Waals surface area contributed by atoms with Gasteiger partial charge in [-0.05, 0) is 25.0 Å². The Balaban J connectivity index is 2.37. The van der Waals surface area contributed by atoms with Crippen molar-refractivity contribution in [3.8, 4) is 11.8 Å². The molecule has 1 aliphatic rings. The van der Waals surface area contributed by atoms with Crippen molar-refractivity contribution >= 4 is 50.1 Å². The van der Waals surface area contributed by atoms with Gasteiger partial charge in [-0.1, -0.05) is 42.6 Å². The quantitative estimate of drug-likeness (QED) is 0.576. The van der Waals surface area contributed by atoms with Crippen LogP contribution in [0.15, 0.2) is 22.1 Å². The summed E-state index contributed by atoms with van der Waals surface area (Å²) in [6.07, 6.45) is 1.63. The fraction of sp³-hybridized carbons (Fsp3) is 0.267. The summed E-state index contributed by atoms with van der Waals surface area (Å²) in [5.41, 5.74) is 3.18. The van der Waals surface area contributed by atoms with Gasteiger partial charge in [-0.25, -0.2) is 4.68 Å². The highest BCUT2D eigenvalue weighted by molar-refractivity contribution is 8.45. The molecule has 0 saturated heterocycles. The fourth-order valence-electron chi connectivity index (χ4n) is 3.04. The van der Waals surface area contributed by atoms with Crippen LogP contribution >= 0.6 is 33.4 Å². The lowest BCUT2D eigenvalue weighted by atomic mass is 9.96. The predicted octanol–water partition coefficient (Wildman–Crippen LogP) is 4.96. The van der Waals surface area contributed by atoms with Gasteiger partial charge in [0.1, 0.15) is 21.7 Å².